The van der Waals surface area contributed by atoms with E-state index in [2.05, 4.69) is 22.2 Å². The third kappa shape index (κ3) is 9.62. The first-order chi connectivity index (χ1) is 7.35. The summed E-state index contributed by atoms with van der Waals surface area (Å²) in [6.45, 7) is 6.04. The van der Waals surface area contributed by atoms with E-state index in [1.54, 1.807) is 14.2 Å². The van der Waals surface area contributed by atoms with Gasteiger partial charge >= 0.3 is 0 Å². The van der Waals surface area contributed by atoms with E-state index in [-0.39, 0.29) is 0 Å². The maximum Gasteiger partial charge on any atom is 0.191 e. The van der Waals surface area contributed by atoms with Crippen molar-refractivity contribution in [2.45, 2.75) is 0 Å². The van der Waals surface area contributed by atoms with Crippen LogP contribution in [0.3, 0.4) is 0 Å². The summed E-state index contributed by atoms with van der Waals surface area (Å²) in [4.78, 5) is 4.09. The molecule has 0 aromatic heterocycles. The number of ether oxygens (including phenoxy) is 1. The lowest BCUT2D eigenvalue weighted by atomic mass is 10.6. The van der Waals surface area contributed by atoms with E-state index in [0.29, 0.717) is 6.61 Å². The molecule has 0 rings (SSSR count). The Kier molecular flexibility index (Phi) is 10.9. The Bertz CT molecular complexity index is 186. The van der Waals surface area contributed by atoms with Gasteiger partial charge in [0.25, 0.3) is 0 Å². The van der Waals surface area contributed by atoms with Crippen LogP contribution in [0.4, 0.5) is 0 Å². The Morgan fingerprint density at radius 3 is 2.80 bits per heavy atom. The quantitative estimate of drug-likeness (QED) is 0.280. The van der Waals surface area contributed by atoms with E-state index in [4.69, 9.17) is 4.74 Å². The van der Waals surface area contributed by atoms with Crippen LogP contribution in [-0.4, -0.2) is 51.3 Å². The summed E-state index contributed by atoms with van der Waals surface area (Å²) in [5, 5.41) is 6.36. The summed E-state index contributed by atoms with van der Waals surface area (Å²) in [6.07, 6.45) is 1.91. The minimum Gasteiger partial charge on any atom is -0.383 e. The molecule has 0 radical (unpaired) electrons. The van der Waals surface area contributed by atoms with Gasteiger partial charge in [0.2, 0.25) is 0 Å². The van der Waals surface area contributed by atoms with Crippen molar-refractivity contribution < 1.29 is 4.74 Å². The lowest BCUT2D eigenvalue weighted by molar-refractivity contribution is 0.203. The van der Waals surface area contributed by atoms with E-state index in [0.717, 1.165) is 30.6 Å². The van der Waals surface area contributed by atoms with Gasteiger partial charge in [-0.3, -0.25) is 4.99 Å². The molecule has 0 aliphatic carbocycles. The topological polar surface area (TPSA) is 45.7 Å². The zero-order chi connectivity index (χ0) is 11.4. The molecule has 0 saturated heterocycles. The van der Waals surface area contributed by atoms with Crippen molar-refractivity contribution in [2.24, 2.45) is 4.99 Å². The second kappa shape index (κ2) is 11.4. The molecule has 0 unspecified atom stereocenters. The van der Waals surface area contributed by atoms with Crippen molar-refractivity contribution in [1.82, 2.24) is 10.6 Å². The molecular formula is C10H21N3OS. The van der Waals surface area contributed by atoms with Gasteiger partial charge in [0.1, 0.15) is 0 Å². The van der Waals surface area contributed by atoms with Gasteiger partial charge in [-0.1, -0.05) is 6.08 Å². The lowest BCUT2D eigenvalue weighted by Gasteiger charge is -2.10. The highest BCUT2D eigenvalue weighted by Gasteiger charge is 1.94. The molecule has 0 heterocycles. The molecule has 0 bridgehead atoms. The fraction of sp³-hybridized carbons (Fsp3) is 0.700. The Balaban J connectivity index is 3.41. The van der Waals surface area contributed by atoms with Crippen molar-refractivity contribution in [3.8, 4) is 0 Å². The Labute approximate surface area is 96.6 Å². The van der Waals surface area contributed by atoms with Crippen LogP contribution >= 0.6 is 11.8 Å². The molecule has 0 aliphatic heterocycles. The molecule has 88 valence electrons. The first-order valence-corrected chi connectivity index (χ1v) is 6.12. The number of hydrogen-bond donors (Lipinski definition) is 2. The second-order valence-corrected chi connectivity index (χ2v) is 3.93. The highest BCUT2D eigenvalue weighted by Crippen LogP contribution is 1.96. The van der Waals surface area contributed by atoms with Crippen molar-refractivity contribution in [3.05, 3.63) is 12.7 Å². The summed E-state index contributed by atoms with van der Waals surface area (Å²) in [5.41, 5.74) is 0. The van der Waals surface area contributed by atoms with Crippen LogP contribution in [-0.2, 0) is 4.74 Å². The Morgan fingerprint density at radius 2 is 2.20 bits per heavy atom. The van der Waals surface area contributed by atoms with E-state index in [1.165, 1.54) is 0 Å². The second-order valence-electron chi connectivity index (χ2n) is 2.78. The largest absolute Gasteiger partial charge is 0.383 e. The summed E-state index contributed by atoms with van der Waals surface area (Å²) in [5.74, 6) is 2.88. The fourth-order valence-corrected chi connectivity index (χ4v) is 1.48. The highest BCUT2D eigenvalue weighted by atomic mass is 32.2. The molecule has 4 nitrogen and oxygen atoms in total. The van der Waals surface area contributed by atoms with Gasteiger partial charge in [-0.25, -0.2) is 0 Å². The van der Waals surface area contributed by atoms with Crippen LogP contribution in [0, 0.1) is 0 Å². The summed E-state index contributed by atoms with van der Waals surface area (Å²) in [6, 6.07) is 0. The fourth-order valence-electron chi connectivity index (χ4n) is 0.900. The third-order valence-corrected chi connectivity index (χ3v) is 2.56. The van der Waals surface area contributed by atoms with E-state index < -0.39 is 0 Å². The number of hydrogen-bond acceptors (Lipinski definition) is 3. The minimum absolute atomic E-state index is 0.686. The van der Waals surface area contributed by atoms with Gasteiger partial charge in [-0.05, 0) is 0 Å². The number of methoxy groups -OCH3 is 1. The number of guanidine groups is 1. The van der Waals surface area contributed by atoms with Crippen LogP contribution in [0.5, 0.6) is 0 Å². The zero-order valence-corrected chi connectivity index (χ0v) is 10.4. The molecule has 0 amide bonds. The van der Waals surface area contributed by atoms with Gasteiger partial charge in [-0.15, -0.1) is 6.58 Å². The predicted molar refractivity (Wildman–Crippen MR) is 68.8 cm³/mol. The van der Waals surface area contributed by atoms with E-state index in [9.17, 15) is 0 Å². The summed E-state index contributed by atoms with van der Waals surface area (Å²) < 4.78 is 4.93. The molecule has 0 aromatic rings. The summed E-state index contributed by atoms with van der Waals surface area (Å²) >= 11 is 1.85. The normalized spacial score (nSPS) is 11.2. The standard InChI is InChI=1S/C10H21N3OS/c1-4-8-15-9-6-13-10(11-2)12-5-7-14-3/h4H,1,5-9H2,2-3H3,(H2,11,12,13). The smallest absolute Gasteiger partial charge is 0.191 e. The van der Waals surface area contributed by atoms with Gasteiger partial charge < -0.3 is 15.4 Å². The average molecular weight is 231 g/mol. The van der Waals surface area contributed by atoms with Crippen LogP contribution in [0.15, 0.2) is 17.6 Å². The molecule has 0 atom stereocenters. The predicted octanol–water partition coefficient (Wildman–Crippen LogP) is 0.717. The number of nitrogens with one attached hydrogen (secondary N) is 2. The van der Waals surface area contributed by atoms with Crippen molar-refractivity contribution in [2.75, 3.05) is 45.4 Å². The minimum atomic E-state index is 0.686. The van der Waals surface area contributed by atoms with Gasteiger partial charge in [0, 0.05) is 38.8 Å². The molecule has 15 heavy (non-hydrogen) atoms. The molecule has 0 fully saturated rings. The van der Waals surface area contributed by atoms with Gasteiger partial charge in [-0.2, -0.15) is 11.8 Å². The van der Waals surface area contributed by atoms with Gasteiger partial charge in [0.15, 0.2) is 5.96 Å². The Hall–Kier alpha value is -0.680. The molecule has 2 N–H and O–H groups in total. The molecule has 5 heteroatoms. The molecular weight excluding hydrogens is 210 g/mol. The van der Waals surface area contributed by atoms with Crippen LogP contribution in [0.25, 0.3) is 0 Å². The lowest BCUT2D eigenvalue weighted by Crippen LogP contribution is -2.39. The van der Waals surface area contributed by atoms with E-state index >= 15 is 0 Å². The molecule has 0 spiro atoms. The maximum absolute atomic E-state index is 4.93. The third-order valence-electron chi connectivity index (χ3n) is 1.60. The van der Waals surface area contributed by atoms with Crippen molar-refractivity contribution in [3.63, 3.8) is 0 Å². The van der Waals surface area contributed by atoms with Crippen LogP contribution in [0.1, 0.15) is 0 Å². The van der Waals surface area contributed by atoms with Crippen molar-refractivity contribution in [1.29, 1.82) is 0 Å². The monoisotopic (exact) mass is 231 g/mol. The number of nitrogens with zero attached hydrogens (tertiary/aromatic N) is 1. The van der Waals surface area contributed by atoms with Crippen LogP contribution in [0.2, 0.25) is 0 Å². The number of aliphatic imine (C=N–C) groups is 1. The number of rotatable bonds is 8. The summed E-state index contributed by atoms with van der Waals surface area (Å²) in [7, 11) is 3.45. The molecule has 0 aromatic carbocycles. The van der Waals surface area contributed by atoms with Crippen LogP contribution < -0.4 is 10.6 Å². The molecule has 0 aliphatic rings. The van der Waals surface area contributed by atoms with Crippen molar-refractivity contribution >= 4 is 17.7 Å². The SMILES string of the molecule is C=CCSCCNC(=NC)NCCOC. The highest BCUT2D eigenvalue weighted by molar-refractivity contribution is 7.99. The van der Waals surface area contributed by atoms with Gasteiger partial charge in [0.05, 0.1) is 6.61 Å². The maximum atomic E-state index is 4.93. The molecule has 0 saturated carbocycles. The average Bonchev–Trinajstić information content (AvgIpc) is 2.26. The first-order valence-electron chi connectivity index (χ1n) is 4.97. The zero-order valence-electron chi connectivity index (χ0n) is 9.58. The first kappa shape index (κ1) is 14.3. The number of thioether (sulfide) groups is 1. The van der Waals surface area contributed by atoms with E-state index in [1.807, 2.05) is 17.8 Å². The Morgan fingerprint density at radius 1 is 1.47 bits per heavy atom.